The molecule has 0 aliphatic carbocycles. The summed E-state index contributed by atoms with van der Waals surface area (Å²) in [7, 11) is 1.68. The van der Waals surface area contributed by atoms with E-state index in [-0.39, 0.29) is 6.04 Å². The van der Waals surface area contributed by atoms with Crippen molar-refractivity contribution in [2.45, 2.75) is 19.9 Å². The van der Waals surface area contributed by atoms with Crippen molar-refractivity contribution in [3.63, 3.8) is 0 Å². The van der Waals surface area contributed by atoms with Crippen LogP contribution in [-0.2, 0) is 0 Å². The van der Waals surface area contributed by atoms with Gasteiger partial charge >= 0.3 is 0 Å². The smallest absolute Gasteiger partial charge is 0.118 e. The van der Waals surface area contributed by atoms with Crippen molar-refractivity contribution in [2.24, 2.45) is 0 Å². The van der Waals surface area contributed by atoms with Crippen molar-refractivity contribution in [2.75, 3.05) is 13.7 Å². The molecule has 0 spiro atoms. The second-order valence-corrected chi connectivity index (χ2v) is 4.52. The largest absolute Gasteiger partial charge is 0.497 e. The summed E-state index contributed by atoms with van der Waals surface area (Å²) in [6.45, 7) is 5.08. The standard InChI is InChI=1S/C16H20N2O/c1-4-17-16(15-11-12(2)9-10-18-15)13-5-7-14(19-3)8-6-13/h5-11,16-17H,4H2,1-3H3. The Labute approximate surface area is 114 Å². The number of nitrogens with zero attached hydrogens (tertiary/aromatic N) is 1. The van der Waals surface area contributed by atoms with Crippen LogP contribution in [0.5, 0.6) is 5.75 Å². The fraction of sp³-hybridized carbons (Fsp3) is 0.312. The lowest BCUT2D eigenvalue weighted by Crippen LogP contribution is -2.23. The molecule has 0 saturated carbocycles. The van der Waals surface area contributed by atoms with E-state index in [0.29, 0.717) is 0 Å². The summed E-state index contributed by atoms with van der Waals surface area (Å²) in [6, 6.07) is 12.4. The molecule has 3 nitrogen and oxygen atoms in total. The lowest BCUT2D eigenvalue weighted by atomic mass is 10.0. The van der Waals surface area contributed by atoms with E-state index in [4.69, 9.17) is 4.74 Å². The van der Waals surface area contributed by atoms with Gasteiger partial charge in [0.1, 0.15) is 5.75 Å². The van der Waals surface area contributed by atoms with Crippen molar-refractivity contribution in [3.05, 3.63) is 59.4 Å². The van der Waals surface area contributed by atoms with Gasteiger partial charge in [0.2, 0.25) is 0 Å². The van der Waals surface area contributed by atoms with Crippen LogP contribution < -0.4 is 10.1 Å². The van der Waals surface area contributed by atoms with Gasteiger partial charge in [-0.2, -0.15) is 0 Å². The minimum absolute atomic E-state index is 0.121. The molecule has 1 unspecified atom stereocenters. The lowest BCUT2D eigenvalue weighted by Gasteiger charge is -2.18. The average molecular weight is 256 g/mol. The molecule has 1 atom stereocenters. The topological polar surface area (TPSA) is 34.1 Å². The van der Waals surface area contributed by atoms with Crippen LogP contribution in [0.3, 0.4) is 0 Å². The second-order valence-electron chi connectivity index (χ2n) is 4.52. The maximum absolute atomic E-state index is 5.20. The summed E-state index contributed by atoms with van der Waals surface area (Å²) in [5, 5.41) is 3.48. The number of pyridine rings is 1. The molecule has 3 heteroatoms. The van der Waals surface area contributed by atoms with E-state index < -0.39 is 0 Å². The Hall–Kier alpha value is -1.87. The summed E-state index contributed by atoms with van der Waals surface area (Å²) in [6.07, 6.45) is 1.86. The third-order valence-electron chi connectivity index (χ3n) is 3.09. The number of nitrogens with one attached hydrogen (secondary N) is 1. The third kappa shape index (κ3) is 3.32. The van der Waals surface area contributed by atoms with Crippen molar-refractivity contribution < 1.29 is 4.74 Å². The van der Waals surface area contributed by atoms with Crippen molar-refractivity contribution in [3.8, 4) is 5.75 Å². The first-order chi connectivity index (χ1) is 9.24. The third-order valence-corrected chi connectivity index (χ3v) is 3.09. The summed E-state index contributed by atoms with van der Waals surface area (Å²) in [4.78, 5) is 4.48. The van der Waals surface area contributed by atoms with Crippen LogP contribution in [0.25, 0.3) is 0 Å². The molecule has 1 N–H and O–H groups in total. The van der Waals surface area contributed by atoms with E-state index in [9.17, 15) is 0 Å². The highest BCUT2D eigenvalue weighted by Gasteiger charge is 2.14. The minimum Gasteiger partial charge on any atom is -0.497 e. The predicted octanol–water partition coefficient (Wildman–Crippen LogP) is 3.10. The minimum atomic E-state index is 0.121. The quantitative estimate of drug-likeness (QED) is 0.892. The summed E-state index contributed by atoms with van der Waals surface area (Å²) in [5.74, 6) is 0.871. The van der Waals surface area contributed by atoms with Gasteiger partial charge in [-0.15, -0.1) is 0 Å². The van der Waals surface area contributed by atoms with Gasteiger partial charge in [0.25, 0.3) is 0 Å². The summed E-state index contributed by atoms with van der Waals surface area (Å²) in [5.41, 5.74) is 3.47. The van der Waals surface area contributed by atoms with Gasteiger partial charge < -0.3 is 10.1 Å². The first-order valence-corrected chi connectivity index (χ1v) is 6.54. The molecule has 2 aromatic rings. The molecular formula is C16H20N2O. The molecule has 19 heavy (non-hydrogen) atoms. The van der Waals surface area contributed by atoms with E-state index in [1.54, 1.807) is 7.11 Å². The molecule has 1 heterocycles. The first-order valence-electron chi connectivity index (χ1n) is 6.54. The van der Waals surface area contributed by atoms with Crippen molar-refractivity contribution in [1.82, 2.24) is 10.3 Å². The molecule has 1 aromatic heterocycles. The maximum Gasteiger partial charge on any atom is 0.118 e. The van der Waals surface area contributed by atoms with Gasteiger partial charge in [-0.05, 0) is 48.9 Å². The van der Waals surface area contributed by atoms with E-state index in [1.807, 2.05) is 24.4 Å². The zero-order valence-electron chi connectivity index (χ0n) is 11.7. The zero-order chi connectivity index (χ0) is 13.7. The molecule has 0 bridgehead atoms. The van der Waals surface area contributed by atoms with E-state index in [2.05, 4.69) is 42.3 Å². The van der Waals surface area contributed by atoms with Crippen LogP contribution in [0.15, 0.2) is 42.6 Å². The Kier molecular flexibility index (Phi) is 4.53. The van der Waals surface area contributed by atoms with Gasteiger partial charge in [-0.25, -0.2) is 0 Å². The van der Waals surface area contributed by atoms with Gasteiger partial charge in [-0.1, -0.05) is 19.1 Å². The molecule has 0 fully saturated rings. The monoisotopic (exact) mass is 256 g/mol. The lowest BCUT2D eigenvalue weighted by molar-refractivity contribution is 0.414. The molecule has 0 aliphatic rings. The van der Waals surface area contributed by atoms with Crippen LogP contribution in [-0.4, -0.2) is 18.6 Å². The normalized spacial score (nSPS) is 12.2. The molecule has 0 saturated heterocycles. The Bertz CT molecular complexity index is 523. The van der Waals surface area contributed by atoms with Gasteiger partial charge in [-0.3, -0.25) is 4.98 Å². The van der Waals surface area contributed by atoms with Gasteiger partial charge in [0, 0.05) is 6.20 Å². The van der Waals surface area contributed by atoms with Crippen LogP contribution in [0.1, 0.15) is 29.8 Å². The maximum atomic E-state index is 5.20. The summed E-state index contributed by atoms with van der Waals surface area (Å²) < 4.78 is 5.20. The molecule has 0 amide bonds. The van der Waals surface area contributed by atoms with Gasteiger partial charge in [0.05, 0.1) is 18.8 Å². The highest BCUT2D eigenvalue weighted by atomic mass is 16.5. The zero-order valence-corrected chi connectivity index (χ0v) is 11.7. The highest BCUT2D eigenvalue weighted by Crippen LogP contribution is 2.23. The van der Waals surface area contributed by atoms with Crippen LogP contribution in [0, 0.1) is 6.92 Å². The number of benzene rings is 1. The van der Waals surface area contributed by atoms with E-state index in [0.717, 1.165) is 18.0 Å². The number of ether oxygens (including phenoxy) is 1. The van der Waals surface area contributed by atoms with Crippen molar-refractivity contribution in [1.29, 1.82) is 0 Å². The van der Waals surface area contributed by atoms with Gasteiger partial charge in [0.15, 0.2) is 0 Å². The number of rotatable bonds is 5. The Balaban J connectivity index is 2.33. The van der Waals surface area contributed by atoms with Crippen LogP contribution in [0.4, 0.5) is 0 Å². The van der Waals surface area contributed by atoms with Crippen LogP contribution in [0.2, 0.25) is 0 Å². The number of aromatic nitrogens is 1. The predicted molar refractivity (Wildman–Crippen MR) is 77.5 cm³/mol. The molecule has 2 rings (SSSR count). The number of hydrogen-bond donors (Lipinski definition) is 1. The van der Waals surface area contributed by atoms with E-state index in [1.165, 1.54) is 11.1 Å². The number of methoxy groups -OCH3 is 1. The summed E-state index contributed by atoms with van der Waals surface area (Å²) >= 11 is 0. The molecule has 100 valence electrons. The fourth-order valence-electron chi connectivity index (χ4n) is 2.11. The molecular weight excluding hydrogens is 236 g/mol. The Morgan fingerprint density at radius 1 is 1.21 bits per heavy atom. The average Bonchev–Trinajstić information content (AvgIpc) is 2.45. The first kappa shape index (κ1) is 13.6. The molecule has 0 radical (unpaired) electrons. The highest BCUT2D eigenvalue weighted by molar-refractivity contribution is 5.34. The molecule has 1 aromatic carbocycles. The second kappa shape index (κ2) is 6.34. The molecule has 0 aliphatic heterocycles. The SMILES string of the molecule is CCNC(c1ccc(OC)cc1)c1cc(C)ccn1. The van der Waals surface area contributed by atoms with Crippen LogP contribution >= 0.6 is 0 Å². The Morgan fingerprint density at radius 3 is 2.53 bits per heavy atom. The van der Waals surface area contributed by atoms with Crippen molar-refractivity contribution >= 4 is 0 Å². The fourth-order valence-corrected chi connectivity index (χ4v) is 2.11. The number of aryl methyl sites for hydroxylation is 1. The Morgan fingerprint density at radius 2 is 1.95 bits per heavy atom. The number of hydrogen-bond acceptors (Lipinski definition) is 3. The van der Waals surface area contributed by atoms with E-state index >= 15 is 0 Å².